The van der Waals surface area contributed by atoms with Crippen LogP contribution in [0.15, 0.2) is 27.8 Å². The number of nitrogens with one attached hydrogen (secondary N) is 2. The molecule has 0 bridgehead atoms. The van der Waals surface area contributed by atoms with Gasteiger partial charge in [-0.05, 0) is 57.2 Å². The predicted molar refractivity (Wildman–Crippen MR) is 125 cm³/mol. The van der Waals surface area contributed by atoms with E-state index in [1.165, 1.54) is 36.9 Å². The van der Waals surface area contributed by atoms with E-state index in [0.29, 0.717) is 6.04 Å². The van der Waals surface area contributed by atoms with Gasteiger partial charge in [-0.3, -0.25) is 9.67 Å². The SMILES string of the molecule is Cc1nn(C)c(C)c1CCCN=C(NCCc1ccco1)NC1CCCC1.I. The molecular formula is C21H34IN5O. The molecule has 0 saturated heterocycles. The van der Waals surface area contributed by atoms with Crippen LogP contribution in [0.3, 0.4) is 0 Å². The van der Waals surface area contributed by atoms with E-state index in [1.807, 2.05) is 23.9 Å². The minimum absolute atomic E-state index is 0. The third kappa shape index (κ3) is 6.53. The van der Waals surface area contributed by atoms with E-state index in [0.717, 1.165) is 49.8 Å². The van der Waals surface area contributed by atoms with Gasteiger partial charge in [0.15, 0.2) is 5.96 Å². The lowest BCUT2D eigenvalue weighted by Crippen LogP contribution is -2.43. The van der Waals surface area contributed by atoms with Crippen LogP contribution in [0.5, 0.6) is 0 Å². The summed E-state index contributed by atoms with van der Waals surface area (Å²) in [5, 5.41) is 11.6. The zero-order valence-corrected chi connectivity index (χ0v) is 19.7. The lowest BCUT2D eigenvalue weighted by molar-refractivity contribution is 0.506. The number of furan rings is 1. The first-order valence-corrected chi connectivity index (χ1v) is 10.2. The number of aryl methyl sites for hydroxylation is 2. The maximum atomic E-state index is 5.41. The Labute approximate surface area is 185 Å². The minimum atomic E-state index is 0. The lowest BCUT2D eigenvalue weighted by atomic mass is 10.1. The summed E-state index contributed by atoms with van der Waals surface area (Å²) in [7, 11) is 2.01. The molecule has 2 heterocycles. The average molecular weight is 499 g/mol. The molecule has 1 aliphatic carbocycles. The van der Waals surface area contributed by atoms with Gasteiger partial charge in [-0.25, -0.2) is 0 Å². The Morgan fingerprint density at radius 1 is 1.29 bits per heavy atom. The second-order valence-corrected chi connectivity index (χ2v) is 7.49. The van der Waals surface area contributed by atoms with Gasteiger partial charge in [-0.15, -0.1) is 24.0 Å². The molecule has 0 amide bonds. The van der Waals surface area contributed by atoms with Crippen LogP contribution in [-0.4, -0.2) is 34.9 Å². The fourth-order valence-corrected chi connectivity index (χ4v) is 3.80. The molecule has 0 unspecified atom stereocenters. The number of rotatable bonds is 8. The van der Waals surface area contributed by atoms with Crippen LogP contribution in [0.2, 0.25) is 0 Å². The van der Waals surface area contributed by atoms with Crippen molar-refractivity contribution in [3.8, 4) is 0 Å². The summed E-state index contributed by atoms with van der Waals surface area (Å²) in [6.45, 7) is 5.88. The number of hydrogen-bond donors (Lipinski definition) is 2. The zero-order valence-electron chi connectivity index (χ0n) is 17.3. The molecule has 0 radical (unpaired) electrons. The highest BCUT2D eigenvalue weighted by molar-refractivity contribution is 14.0. The maximum Gasteiger partial charge on any atom is 0.191 e. The van der Waals surface area contributed by atoms with E-state index in [2.05, 4.69) is 29.6 Å². The van der Waals surface area contributed by atoms with Crippen LogP contribution in [0.1, 0.15) is 54.8 Å². The van der Waals surface area contributed by atoms with E-state index < -0.39 is 0 Å². The number of guanidine groups is 1. The number of halogens is 1. The van der Waals surface area contributed by atoms with Crippen molar-refractivity contribution in [2.45, 2.75) is 64.8 Å². The Balaban J connectivity index is 0.00000280. The van der Waals surface area contributed by atoms with Gasteiger partial charge in [0.05, 0.1) is 12.0 Å². The van der Waals surface area contributed by atoms with Crippen molar-refractivity contribution in [1.29, 1.82) is 0 Å². The summed E-state index contributed by atoms with van der Waals surface area (Å²) >= 11 is 0. The van der Waals surface area contributed by atoms with Gasteiger partial charge in [0.25, 0.3) is 0 Å². The van der Waals surface area contributed by atoms with Gasteiger partial charge in [-0.2, -0.15) is 5.10 Å². The Hall–Kier alpha value is -1.51. The molecule has 3 rings (SSSR count). The van der Waals surface area contributed by atoms with E-state index in [4.69, 9.17) is 9.41 Å². The average Bonchev–Trinajstić information content (AvgIpc) is 3.38. The second-order valence-electron chi connectivity index (χ2n) is 7.49. The van der Waals surface area contributed by atoms with Crippen molar-refractivity contribution in [1.82, 2.24) is 20.4 Å². The van der Waals surface area contributed by atoms with Crippen LogP contribution < -0.4 is 10.6 Å². The minimum Gasteiger partial charge on any atom is -0.469 e. The molecular weight excluding hydrogens is 465 g/mol. The van der Waals surface area contributed by atoms with E-state index in [1.54, 1.807) is 6.26 Å². The number of aromatic nitrogens is 2. The molecule has 1 aliphatic rings. The lowest BCUT2D eigenvalue weighted by Gasteiger charge is -2.17. The van der Waals surface area contributed by atoms with Crippen molar-refractivity contribution in [2.75, 3.05) is 13.1 Å². The molecule has 7 heteroatoms. The Kier molecular flexibility index (Phi) is 9.34. The van der Waals surface area contributed by atoms with Crippen LogP contribution in [0.25, 0.3) is 0 Å². The summed E-state index contributed by atoms with van der Waals surface area (Å²) in [5.41, 5.74) is 3.76. The topological polar surface area (TPSA) is 67.4 Å². The first kappa shape index (κ1) is 22.8. The highest BCUT2D eigenvalue weighted by Crippen LogP contribution is 2.17. The predicted octanol–water partition coefficient (Wildman–Crippen LogP) is 3.90. The van der Waals surface area contributed by atoms with Gasteiger partial charge in [0.2, 0.25) is 0 Å². The highest BCUT2D eigenvalue weighted by Gasteiger charge is 2.16. The Morgan fingerprint density at radius 3 is 2.71 bits per heavy atom. The smallest absolute Gasteiger partial charge is 0.191 e. The van der Waals surface area contributed by atoms with Crippen molar-refractivity contribution in [3.05, 3.63) is 41.1 Å². The summed E-state index contributed by atoms with van der Waals surface area (Å²) in [4.78, 5) is 4.82. The molecule has 2 aromatic heterocycles. The van der Waals surface area contributed by atoms with Gasteiger partial charge in [-0.1, -0.05) is 12.8 Å². The van der Waals surface area contributed by atoms with Crippen molar-refractivity contribution >= 4 is 29.9 Å². The molecule has 6 nitrogen and oxygen atoms in total. The number of aliphatic imine (C=N–C) groups is 1. The Morgan fingerprint density at radius 2 is 2.07 bits per heavy atom. The molecule has 2 aromatic rings. The first-order valence-electron chi connectivity index (χ1n) is 10.2. The van der Waals surface area contributed by atoms with Crippen LogP contribution in [0, 0.1) is 13.8 Å². The summed E-state index contributed by atoms with van der Waals surface area (Å²) < 4.78 is 7.38. The van der Waals surface area contributed by atoms with Crippen LogP contribution in [0.4, 0.5) is 0 Å². The summed E-state index contributed by atoms with van der Waals surface area (Å²) in [5.74, 6) is 1.94. The van der Waals surface area contributed by atoms with Crippen molar-refractivity contribution in [3.63, 3.8) is 0 Å². The van der Waals surface area contributed by atoms with Crippen LogP contribution >= 0.6 is 24.0 Å². The van der Waals surface area contributed by atoms with Crippen molar-refractivity contribution in [2.24, 2.45) is 12.0 Å². The molecule has 1 fully saturated rings. The fraction of sp³-hybridized carbons (Fsp3) is 0.619. The van der Waals surface area contributed by atoms with Crippen LogP contribution in [-0.2, 0) is 19.9 Å². The molecule has 0 atom stereocenters. The number of hydrogen-bond acceptors (Lipinski definition) is 3. The van der Waals surface area contributed by atoms with Gasteiger partial charge >= 0.3 is 0 Å². The third-order valence-corrected chi connectivity index (χ3v) is 5.45. The third-order valence-electron chi connectivity index (χ3n) is 5.45. The quantitative estimate of drug-likeness (QED) is 0.250. The van der Waals surface area contributed by atoms with Gasteiger partial charge in [0, 0.05) is 38.3 Å². The zero-order chi connectivity index (χ0) is 19.1. The Bertz CT molecular complexity index is 732. The second kappa shape index (κ2) is 11.5. The van der Waals surface area contributed by atoms with E-state index in [-0.39, 0.29) is 24.0 Å². The summed E-state index contributed by atoms with van der Waals surface area (Å²) in [6, 6.07) is 4.51. The normalized spacial score (nSPS) is 14.9. The fourth-order valence-electron chi connectivity index (χ4n) is 3.80. The molecule has 156 valence electrons. The van der Waals surface area contributed by atoms with Gasteiger partial charge in [0.1, 0.15) is 5.76 Å². The summed E-state index contributed by atoms with van der Waals surface area (Å²) in [6.07, 6.45) is 9.77. The monoisotopic (exact) mass is 499 g/mol. The highest BCUT2D eigenvalue weighted by atomic mass is 127. The maximum absolute atomic E-state index is 5.41. The molecule has 28 heavy (non-hydrogen) atoms. The molecule has 0 spiro atoms. The molecule has 0 aromatic carbocycles. The number of nitrogens with zero attached hydrogens (tertiary/aromatic N) is 3. The molecule has 2 N–H and O–H groups in total. The van der Waals surface area contributed by atoms with Gasteiger partial charge < -0.3 is 15.1 Å². The largest absolute Gasteiger partial charge is 0.469 e. The standard InChI is InChI=1S/C21H33N5O.HI/c1-16-20(17(2)26(3)25-16)11-6-13-22-21(24-18-8-4-5-9-18)23-14-12-19-10-7-15-27-19;/h7,10,15,18H,4-6,8-9,11-14H2,1-3H3,(H2,22,23,24);1H. The first-order chi connectivity index (χ1) is 13.1. The van der Waals surface area contributed by atoms with E-state index in [9.17, 15) is 0 Å². The van der Waals surface area contributed by atoms with E-state index >= 15 is 0 Å². The van der Waals surface area contributed by atoms with Crippen molar-refractivity contribution < 1.29 is 4.42 Å². The molecule has 0 aliphatic heterocycles. The molecule has 1 saturated carbocycles.